The van der Waals surface area contributed by atoms with Crippen molar-refractivity contribution in [3.05, 3.63) is 71.3 Å². The molecule has 0 heterocycles. The molecule has 4 fully saturated rings. The Kier molecular flexibility index (Phi) is 15.9. The SMILES string of the molecule is CCCCONC(=O)CCC(Cc1ccc(C(=O)OCOC(=O)CC[C@@H](C)C2CCC3C4CC[C@@H]5C[C@H](O)CC[C@]5(C)C4C[C@H](O)[C@@]32C)cc1)C(=O)OCc1ccccc1. The number of hydroxylamine groups is 1. The van der Waals surface area contributed by atoms with Crippen LogP contribution in [0.25, 0.3) is 0 Å². The summed E-state index contributed by atoms with van der Waals surface area (Å²) in [6, 6.07) is 16.1. The summed E-state index contributed by atoms with van der Waals surface area (Å²) in [5.74, 6) is 0.272. The molecule has 0 saturated heterocycles. The zero-order valence-corrected chi connectivity index (χ0v) is 36.3. The third kappa shape index (κ3) is 10.8. The van der Waals surface area contributed by atoms with Gasteiger partial charge in [-0.1, -0.05) is 76.6 Å². The number of benzene rings is 2. The van der Waals surface area contributed by atoms with E-state index in [0.29, 0.717) is 49.0 Å². The molecule has 4 aliphatic carbocycles. The second-order valence-corrected chi connectivity index (χ2v) is 18.9. The van der Waals surface area contributed by atoms with E-state index in [1.807, 2.05) is 37.3 Å². The predicted octanol–water partition coefficient (Wildman–Crippen LogP) is 8.28. The maximum Gasteiger partial charge on any atom is 0.340 e. The minimum Gasteiger partial charge on any atom is -0.461 e. The molecule has 5 unspecified atom stereocenters. The molecule has 0 spiro atoms. The molecule has 0 aromatic heterocycles. The lowest BCUT2D eigenvalue weighted by Gasteiger charge is -2.62. The summed E-state index contributed by atoms with van der Waals surface area (Å²) in [5, 5.41) is 22.3. The second-order valence-electron chi connectivity index (χ2n) is 18.9. The Morgan fingerprint density at radius 1 is 0.833 bits per heavy atom. The maximum absolute atomic E-state index is 13.2. The molecule has 11 heteroatoms. The highest BCUT2D eigenvalue weighted by Crippen LogP contribution is 2.68. The van der Waals surface area contributed by atoms with E-state index in [1.54, 1.807) is 24.3 Å². The Morgan fingerprint density at radius 3 is 2.35 bits per heavy atom. The average Bonchev–Trinajstić information content (AvgIpc) is 3.61. The Morgan fingerprint density at radius 2 is 1.60 bits per heavy atom. The normalized spacial score (nSPS) is 30.5. The molecule has 4 aliphatic rings. The molecular weight excluding hydrogens is 763 g/mol. The van der Waals surface area contributed by atoms with E-state index in [1.165, 1.54) is 12.8 Å². The van der Waals surface area contributed by atoms with Crippen molar-refractivity contribution in [1.29, 1.82) is 0 Å². The van der Waals surface area contributed by atoms with Crippen LogP contribution in [0.4, 0.5) is 0 Å². The van der Waals surface area contributed by atoms with Gasteiger partial charge in [0.15, 0.2) is 0 Å². The van der Waals surface area contributed by atoms with E-state index in [9.17, 15) is 29.4 Å². The highest BCUT2D eigenvalue weighted by Gasteiger charge is 2.63. The highest BCUT2D eigenvalue weighted by atomic mass is 16.7. The second kappa shape index (κ2) is 20.8. The number of carbonyl (C=O) groups is 4. The predicted molar refractivity (Wildman–Crippen MR) is 225 cm³/mol. The molecule has 0 radical (unpaired) electrons. The minimum atomic E-state index is -0.636. The van der Waals surface area contributed by atoms with Gasteiger partial charge in [0.2, 0.25) is 12.7 Å². The Bertz CT molecular complexity index is 1730. The molecule has 2 aromatic rings. The lowest BCUT2D eigenvalue weighted by Crippen LogP contribution is -2.58. The van der Waals surface area contributed by atoms with Crippen LogP contribution in [0.3, 0.4) is 0 Å². The smallest absolute Gasteiger partial charge is 0.340 e. The van der Waals surface area contributed by atoms with Crippen LogP contribution in [0, 0.1) is 52.3 Å². The van der Waals surface area contributed by atoms with Gasteiger partial charge in [-0.15, -0.1) is 0 Å². The molecule has 4 saturated carbocycles. The third-order valence-electron chi connectivity index (χ3n) is 15.5. The number of esters is 3. The van der Waals surface area contributed by atoms with Crippen molar-refractivity contribution in [1.82, 2.24) is 5.48 Å². The summed E-state index contributed by atoms with van der Waals surface area (Å²) in [4.78, 5) is 56.5. The largest absolute Gasteiger partial charge is 0.461 e. The molecule has 3 N–H and O–H groups in total. The van der Waals surface area contributed by atoms with Crippen molar-refractivity contribution in [2.45, 2.75) is 143 Å². The fourth-order valence-corrected chi connectivity index (χ4v) is 11.9. The van der Waals surface area contributed by atoms with Crippen LogP contribution in [0.5, 0.6) is 0 Å². The molecule has 11 atom stereocenters. The van der Waals surface area contributed by atoms with E-state index in [0.717, 1.165) is 62.5 Å². The van der Waals surface area contributed by atoms with Crippen LogP contribution >= 0.6 is 0 Å². The van der Waals surface area contributed by atoms with Gasteiger partial charge in [-0.3, -0.25) is 19.2 Å². The van der Waals surface area contributed by atoms with Gasteiger partial charge in [0, 0.05) is 12.8 Å². The number of fused-ring (bicyclic) bond motifs is 5. The molecule has 2 aromatic carbocycles. The van der Waals surface area contributed by atoms with Crippen molar-refractivity contribution in [2.24, 2.45) is 52.3 Å². The van der Waals surface area contributed by atoms with Crippen LogP contribution < -0.4 is 5.48 Å². The highest BCUT2D eigenvalue weighted by molar-refractivity contribution is 5.89. The third-order valence-corrected chi connectivity index (χ3v) is 15.5. The quantitative estimate of drug-likeness (QED) is 0.0545. The van der Waals surface area contributed by atoms with Gasteiger partial charge < -0.3 is 24.4 Å². The molecule has 11 nitrogen and oxygen atoms in total. The van der Waals surface area contributed by atoms with E-state index < -0.39 is 30.6 Å². The number of carbonyl (C=O) groups excluding carboxylic acids is 4. The molecule has 0 bridgehead atoms. The van der Waals surface area contributed by atoms with E-state index in [2.05, 4.69) is 26.3 Å². The summed E-state index contributed by atoms with van der Waals surface area (Å²) in [6.07, 6.45) is 10.9. The first-order chi connectivity index (χ1) is 28.8. The monoisotopic (exact) mass is 831 g/mol. The molecule has 1 amide bonds. The van der Waals surface area contributed by atoms with Gasteiger partial charge in [0.05, 0.1) is 30.3 Å². The lowest BCUT2D eigenvalue weighted by atomic mass is 9.43. The first-order valence-electron chi connectivity index (χ1n) is 22.7. The fraction of sp³-hybridized carbons (Fsp3) is 0.673. The van der Waals surface area contributed by atoms with Gasteiger partial charge in [-0.2, -0.15) is 0 Å². The van der Waals surface area contributed by atoms with E-state index >= 15 is 0 Å². The lowest BCUT2D eigenvalue weighted by molar-refractivity contribution is -0.175. The van der Waals surface area contributed by atoms with Crippen molar-refractivity contribution in [3.8, 4) is 0 Å². The van der Waals surface area contributed by atoms with E-state index in [4.69, 9.17) is 19.0 Å². The number of rotatable bonds is 19. The summed E-state index contributed by atoms with van der Waals surface area (Å²) in [5.41, 5.74) is 4.37. The van der Waals surface area contributed by atoms with Gasteiger partial charge in [-0.25, -0.2) is 10.3 Å². The van der Waals surface area contributed by atoms with Gasteiger partial charge in [0.1, 0.15) is 6.61 Å². The van der Waals surface area contributed by atoms with Crippen molar-refractivity contribution in [3.63, 3.8) is 0 Å². The Balaban J connectivity index is 0.944. The molecular formula is C49H69NO10. The summed E-state index contributed by atoms with van der Waals surface area (Å²) in [7, 11) is 0. The number of aliphatic hydroxyl groups excluding tert-OH is 2. The van der Waals surface area contributed by atoms with Crippen LogP contribution in [0.2, 0.25) is 0 Å². The summed E-state index contributed by atoms with van der Waals surface area (Å²) >= 11 is 0. The van der Waals surface area contributed by atoms with Gasteiger partial charge >= 0.3 is 17.9 Å². The number of ether oxygens (including phenoxy) is 3. The van der Waals surface area contributed by atoms with Crippen LogP contribution in [-0.2, 0) is 46.5 Å². The average molecular weight is 832 g/mol. The van der Waals surface area contributed by atoms with Crippen LogP contribution in [0.1, 0.15) is 139 Å². The van der Waals surface area contributed by atoms with Crippen LogP contribution in [-0.4, -0.2) is 59.6 Å². The Hall–Kier alpha value is -3.80. The van der Waals surface area contributed by atoms with Crippen molar-refractivity contribution in [2.75, 3.05) is 13.4 Å². The number of amides is 1. The minimum absolute atomic E-state index is 0.0804. The number of nitrogens with one attached hydrogen (secondary N) is 1. The maximum atomic E-state index is 13.2. The zero-order valence-electron chi connectivity index (χ0n) is 36.3. The first kappa shape index (κ1) is 45.7. The van der Waals surface area contributed by atoms with E-state index in [-0.39, 0.29) is 66.3 Å². The Labute approximate surface area is 356 Å². The van der Waals surface area contributed by atoms with Crippen molar-refractivity contribution >= 4 is 23.8 Å². The molecule has 330 valence electrons. The fourth-order valence-electron chi connectivity index (χ4n) is 11.9. The molecule has 0 aliphatic heterocycles. The first-order valence-corrected chi connectivity index (χ1v) is 22.7. The van der Waals surface area contributed by atoms with Gasteiger partial charge in [-0.05, 0) is 147 Å². The number of aliphatic hydroxyl groups is 2. The molecule has 60 heavy (non-hydrogen) atoms. The van der Waals surface area contributed by atoms with Gasteiger partial charge in [0.25, 0.3) is 0 Å². The van der Waals surface area contributed by atoms with Crippen LogP contribution in [0.15, 0.2) is 54.6 Å². The number of hydrogen-bond donors (Lipinski definition) is 3. The topological polar surface area (TPSA) is 158 Å². The standard InChI is InChI=1S/C49H69NO10/c1-5-6-26-60-50-44(53)22-17-36(47(56)57-30-34-10-8-7-9-11-34)27-33-13-15-35(16-14-33)46(55)59-31-58-45(54)23-12-32(2)40-20-21-41-39-19-18-37-28-38(51)24-25-48(37,3)42(39)29-43(52)49(40,41)4/h7-11,13-16,32,36-43,51-52H,5-6,12,17-31H2,1-4H3,(H,50,53)/t32-,36?,37-,38-,39?,40?,41?,42?,43+,48+,49-/m1/s1. The van der Waals surface area contributed by atoms with Crippen molar-refractivity contribution < 1.29 is 48.4 Å². The molecule has 6 rings (SSSR count). The number of hydrogen-bond acceptors (Lipinski definition) is 10. The summed E-state index contributed by atoms with van der Waals surface area (Å²) in [6.45, 7) is 9.03. The summed E-state index contributed by atoms with van der Waals surface area (Å²) < 4.78 is 16.3. The number of unbranched alkanes of at least 4 members (excludes halogenated alkanes) is 1. The zero-order chi connectivity index (χ0) is 42.9.